The van der Waals surface area contributed by atoms with E-state index < -0.39 is 17.9 Å². The molecule has 0 saturated carbocycles. The molecule has 0 aliphatic carbocycles. The molecule has 4 nitrogen and oxygen atoms in total. The fourth-order valence-electron chi connectivity index (χ4n) is 0.761. The Balaban J connectivity index is 0. The molecular formula is C7H12CuO4. The van der Waals surface area contributed by atoms with Crippen LogP contribution in [0.5, 0.6) is 0 Å². The van der Waals surface area contributed by atoms with Crippen LogP contribution in [0.25, 0.3) is 0 Å². The molecule has 0 amide bonds. The fraction of sp³-hybridized carbons (Fsp3) is 0.714. The van der Waals surface area contributed by atoms with Gasteiger partial charge in [-0.15, -0.1) is 0 Å². The van der Waals surface area contributed by atoms with Gasteiger partial charge in [0.05, 0.1) is 0 Å². The van der Waals surface area contributed by atoms with E-state index in [-0.39, 0.29) is 23.5 Å². The van der Waals surface area contributed by atoms with Crippen molar-refractivity contribution in [2.45, 2.75) is 26.2 Å². The van der Waals surface area contributed by atoms with Crippen LogP contribution in [0.1, 0.15) is 26.2 Å². The summed E-state index contributed by atoms with van der Waals surface area (Å²) < 4.78 is 0. The van der Waals surface area contributed by atoms with Crippen LogP contribution in [0.4, 0.5) is 0 Å². The number of hydrogen-bond donors (Lipinski definition) is 2. The summed E-state index contributed by atoms with van der Waals surface area (Å²) in [6.45, 7) is 1.89. The van der Waals surface area contributed by atoms with Crippen molar-refractivity contribution in [1.29, 1.82) is 0 Å². The number of aliphatic carboxylic acids is 2. The Labute approximate surface area is 81.4 Å². The number of carboxylic acid groups (broad SMARTS) is 2. The molecule has 0 aromatic rings. The van der Waals surface area contributed by atoms with E-state index >= 15 is 0 Å². The van der Waals surface area contributed by atoms with Gasteiger partial charge in [0.2, 0.25) is 0 Å². The molecule has 0 rings (SSSR count). The summed E-state index contributed by atoms with van der Waals surface area (Å²) in [5, 5.41) is 16.8. The molecule has 1 radical (unpaired) electrons. The molecule has 75 valence electrons. The SMILES string of the molecule is CCCCC(C(=O)O)C(=O)O.[Cu]. The molecule has 2 N–H and O–H groups in total. The molecule has 0 aliphatic rings. The van der Waals surface area contributed by atoms with Crippen LogP contribution in [0.2, 0.25) is 0 Å². The molecule has 0 heterocycles. The monoisotopic (exact) mass is 223 g/mol. The third-order valence-electron chi connectivity index (χ3n) is 1.44. The third kappa shape index (κ3) is 5.15. The summed E-state index contributed by atoms with van der Waals surface area (Å²) in [7, 11) is 0. The second-order valence-electron chi connectivity index (χ2n) is 2.37. The zero-order chi connectivity index (χ0) is 8.85. The van der Waals surface area contributed by atoms with Gasteiger partial charge in [0, 0.05) is 17.1 Å². The van der Waals surface area contributed by atoms with E-state index in [9.17, 15) is 9.59 Å². The van der Waals surface area contributed by atoms with E-state index in [2.05, 4.69) is 0 Å². The largest absolute Gasteiger partial charge is 0.481 e. The molecule has 0 aromatic carbocycles. The molecule has 0 aliphatic heterocycles. The second kappa shape index (κ2) is 7.13. The van der Waals surface area contributed by atoms with Gasteiger partial charge in [-0.25, -0.2) is 0 Å². The van der Waals surface area contributed by atoms with Gasteiger partial charge in [-0.05, 0) is 6.42 Å². The van der Waals surface area contributed by atoms with Gasteiger partial charge in [-0.2, -0.15) is 0 Å². The average molecular weight is 224 g/mol. The van der Waals surface area contributed by atoms with Gasteiger partial charge in [-0.1, -0.05) is 19.8 Å². The van der Waals surface area contributed by atoms with Gasteiger partial charge in [0.15, 0.2) is 5.92 Å². The molecule has 5 heteroatoms. The van der Waals surface area contributed by atoms with E-state index in [4.69, 9.17) is 10.2 Å². The topological polar surface area (TPSA) is 74.6 Å². The third-order valence-corrected chi connectivity index (χ3v) is 1.44. The van der Waals surface area contributed by atoms with Crippen molar-refractivity contribution in [2.75, 3.05) is 0 Å². The van der Waals surface area contributed by atoms with Gasteiger partial charge < -0.3 is 10.2 Å². The number of hydrogen-bond acceptors (Lipinski definition) is 2. The predicted molar refractivity (Wildman–Crippen MR) is 38.3 cm³/mol. The normalized spacial score (nSPS) is 9.17. The Hall–Kier alpha value is -0.541. The van der Waals surface area contributed by atoms with Crippen LogP contribution in [-0.2, 0) is 26.7 Å². The molecule has 0 saturated heterocycles. The molecule has 0 bridgehead atoms. The minimum atomic E-state index is -1.24. The standard InChI is InChI=1S/C7H12O4.Cu/c1-2-3-4-5(6(8)9)7(10)11;/h5H,2-4H2,1H3,(H,8,9)(H,10,11);. The molecule has 0 unspecified atom stereocenters. The summed E-state index contributed by atoms with van der Waals surface area (Å²) in [6.07, 6.45) is 1.68. The van der Waals surface area contributed by atoms with Crippen LogP contribution in [0, 0.1) is 5.92 Å². The minimum Gasteiger partial charge on any atom is -0.481 e. The van der Waals surface area contributed by atoms with Crippen molar-refractivity contribution in [3.8, 4) is 0 Å². The Kier molecular flexibility index (Phi) is 8.32. The first kappa shape index (κ1) is 14.0. The number of unbranched alkanes of at least 4 members (excludes halogenated alkanes) is 1. The van der Waals surface area contributed by atoms with E-state index in [1.165, 1.54) is 0 Å². The summed E-state index contributed by atoms with van der Waals surface area (Å²) in [5.41, 5.74) is 0. The van der Waals surface area contributed by atoms with Crippen LogP contribution < -0.4 is 0 Å². The zero-order valence-corrected chi connectivity index (χ0v) is 7.65. The van der Waals surface area contributed by atoms with E-state index in [0.717, 1.165) is 6.42 Å². The smallest absolute Gasteiger partial charge is 0.317 e. The second-order valence-corrected chi connectivity index (χ2v) is 2.37. The summed E-state index contributed by atoms with van der Waals surface area (Å²) in [5.74, 6) is -3.72. The van der Waals surface area contributed by atoms with Gasteiger partial charge in [0.1, 0.15) is 0 Å². The zero-order valence-electron chi connectivity index (χ0n) is 6.71. The molecule has 0 fully saturated rings. The van der Waals surface area contributed by atoms with Crippen molar-refractivity contribution in [1.82, 2.24) is 0 Å². The Morgan fingerprint density at radius 2 is 1.67 bits per heavy atom. The van der Waals surface area contributed by atoms with Crippen LogP contribution in [0.15, 0.2) is 0 Å². The van der Waals surface area contributed by atoms with E-state index in [0.29, 0.717) is 6.42 Å². The number of carboxylic acids is 2. The maximum atomic E-state index is 10.3. The Morgan fingerprint density at radius 3 is 1.92 bits per heavy atom. The summed E-state index contributed by atoms with van der Waals surface area (Å²) in [4.78, 5) is 20.5. The molecule has 0 atom stereocenters. The van der Waals surface area contributed by atoms with E-state index in [1.807, 2.05) is 6.92 Å². The minimum absolute atomic E-state index is 0. The van der Waals surface area contributed by atoms with Crippen molar-refractivity contribution >= 4 is 11.9 Å². The molecule has 0 spiro atoms. The van der Waals surface area contributed by atoms with Crippen molar-refractivity contribution < 1.29 is 36.9 Å². The van der Waals surface area contributed by atoms with Gasteiger partial charge >= 0.3 is 11.9 Å². The van der Waals surface area contributed by atoms with Gasteiger partial charge in [0.25, 0.3) is 0 Å². The molecule has 0 aromatic heterocycles. The first-order valence-corrected chi connectivity index (χ1v) is 3.55. The first-order chi connectivity index (χ1) is 5.09. The summed E-state index contributed by atoms with van der Waals surface area (Å²) in [6, 6.07) is 0. The van der Waals surface area contributed by atoms with Crippen molar-refractivity contribution in [3.05, 3.63) is 0 Å². The molecule has 12 heavy (non-hydrogen) atoms. The maximum absolute atomic E-state index is 10.3. The quantitative estimate of drug-likeness (QED) is 0.538. The Bertz CT molecular complexity index is 143. The van der Waals surface area contributed by atoms with Crippen LogP contribution in [0.3, 0.4) is 0 Å². The number of rotatable bonds is 5. The van der Waals surface area contributed by atoms with Crippen molar-refractivity contribution in [3.63, 3.8) is 0 Å². The predicted octanol–water partition coefficient (Wildman–Crippen LogP) is 0.960. The van der Waals surface area contributed by atoms with Crippen LogP contribution in [-0.4, -0.2) is 22.2 Å². The van der Waals surface area contributed by atoms with Crippen LogP contribution >= 0.6 is 0 Å². The fourth-order valence-corrected chi connectivity index (χ4v) is 0.761. The maximum Gasteiger partial charge on any atom is 0.317 e. The van der Waals surface area contributed by atoms with Gasteiger partial charge in [-0.3, -0.25) is 9.59 Å². The van der Waals surface area contributed by atoms with Crippen molar-refractivity contribution in [2.24, 2.45) is 5.92 Å². The molecular weight excluding hydrogens is 212 g/mol. The van der Waals surface area contributed by atoms with E-state index in [1.54, 1.807) is 0 Å². The number of carbonyl (C=O) groups is 2. The first-order valence-electron chi connectivity index (χ1n) is 3.55. The average Bonchev–Trinajstić information content (AvgIpc) is 1.87. The summed E-state index contributed by atoms with van der Waals surface area (Å²) >= 11 is 0. The Morgan fingerprint density at radius 1 is 1.25 bits per heavy atom.